The Morgan fingerprint density at radius 1 is 1.38 bits per heavy atom. The van der Waals surface area contributed by atoms with Crippen molar-refractivity contribution in [3.05, 3.63) is 29.3 Å². The van der Waals surface area contributed by atoms with Crippen LogP contribution in [0.25, 0.3) is 0 Å². The molecule has 1 atom stereocenters. The summed E-state index contributed by atoms with van der Waals surface area (Å²) in [5, 5.41) is 0. The average Bonchev–Trinajstić information content (AvgIpc) is 2.37. The number of benzene rings is 1. The Labute approximate surface area is 95.4 Å². The van der Waals surface area contributed by atoms with E-state index in [-0.39, 0.29) is 0 Å². The fourth-order valence-electron chi connectivity index (χ4n) is 2.38. The lowest BCUT2D eigenvalue weighted by Gasteiger charge is -2.33. The van der Waals surface area contributed by atoms with Crippen molar-refractivity contribution in [2.75, 3.05) is 14.2 Å². The Kier molecular flexibility index (Phi) is 2.97. The third-order valence-electron chi connectivity index (χ3n) is 3.32. The van der Waals surface area contributed by atoms with Crippen LogP contribution in [0, 0.1) is 0 Å². The maximum atomic E-state index is 11.3. The van der Waals surface area contributed by atoms with Gasteiger partial charge in [-0.2, -0.15) is 0 Å². The third-order valence-corrected chi connectivity index (χ3v) is 3.32. The van der Waals surface area contributed by atoms with Gasteiger partial charge in [-0.25, -0.2) is 0 Å². The molecule has 0 N–H and O–H groups in total. The summed E-state index contributed by atoms with van der Waals surface area (Å²) in [6.07, 6.45) is 3.61. The summed E-state index contributed by atoms with van der Waals surface area (Å²) < 4.78 is 10.6. The number of ether oxygens (including phenoxy) is 2. The monoisotopic (exact) mass is 220 g/mol. The molecular weight excluding hydrogens is 204 g/mol. The summed E-state index contributed by atoms with van der Waals surface area (Å²) in [7, 11) is 3.24. The van der Waals surface area contributed by atoms with Gasteiger partial charge in [0.05, 0.1) is 7.11 Å². The van der Waals surface area contributed by atoms with E-state index in [0.29, 0.717) is 0 Å². The molecule has 86 valence electrons. The van der Waals surface area contributed by atoms with Crippen molar-refractivity contribution in [2.45, 2.75) is 24.9 Å². The molecule has 0 amide bonds. The zero-order valence-corrected chi connectivity index (χ0v) is 9.66. The standard InChI is InChI=1S/C13H16O3/c1-15-11-5-6-12-10(8-11)4-3-7-13(12,9-14)16-2/h5-6,8-9H,3-4,7H2,1-2H3. The first-order valence-corrected chi connectivity index (χ1v) is 5.44. The maximum absolute atomic E-state index is 11.3. The van der Waals surface area contributed by atoms with Gasteiger partial charge in [0.1, 0.15) is 11.4 Å². The van der Waals surface area contributed by atoms with E-state index in [1.165, 1.54) is 0 Å². The summed E-state index contributed by atoms with van der Waals surface area (Å²) >= 11 is 0. The van der Waals surface area contributed by atoms with Crippen LogP contribution < -0.4 is 4.74 Å². The van der Waals surface area contributed by atoms with E-state index < -0.39 is 5.60 Å². The highest BCUT2D eigenvalue weighted by Crippen LogP contribution is 2.37. The van der Waals surface area contributed by atoms with Gasteiger partial charge in [0, 0.05) is 7.11 Å². The highest BCUT2D eigenvalue weighted by molar-refractivity contribution is 5.68. The van der Waals surface area contributed by atoms with Crippen LogP contribution >= 0.6 is 0 Å². The van der Waals surface area contributed by atoms with Crippen LogP contribution in [0.3, 0.4) is 0 Å². The van der Waals surface area contributed by atoms with E-state index in [0.717, 1.165) is 42.4 Å². The lowest BCUT2D eigenvalue weighted by atomic mass is 9.80. The molecule has 3 nitrogen and oxygen atoms in total. The minimum Gasteiger partial charge on any atom is -0.497 e. The van der Waals surface area contributed by atoms with E-state index in [1.54, 1.807) is 14.2 Å². The van der Waals surface area contributed by atoms with Crippen molar-refractivity contribution in [1.29, 1.82) is 0 Å². The molecule has 1 aromatic carbocycles. The van der Waals surface area contributed by atoms with E-state index in [9.17, 15) is 4.79 Å². The molecule has 1 aliphatic carbocycles. The number of carbonyl (C=O) groups excluding carboxylic acids is 1. The number of aldehydes is 1. The molecular formula is C13H16O3. The van der Waals surface area contributed by atoms with Crippen molar-refractivity contribution < 1.29 is 14.3 Å². The quantitative estimate of drug-likeness (QED) is 0.731. The molecule has 0 saturated carbocycles. The zero-order valence-electron chi connectivity index (χ0n) is 9.66. The van der Waals surface area contributed by atoms with Gasteiger partial charge in [-0.1, -0.05) is 6.07 Å². The molecule has 1 aliphatic rings. The first kappa shape index (κ1) is 11.1. The molecule has 1 aromatic rings. The summed E-state index contributed by atoms with van der Waals surface area (Å²) in [6, 6.07) is 5.80. The number of hydrogen-bond acceptors (Lipinski definition) is 3. The molecule has 0 spiro atoms. The second kappa shape index (κ2) is 4.26. The van der Waals surface area contributed by atoms with E-state index in [1.807, 2.05) is 18.2 Å². The smallest absolute Gasteiger partial charge is 0.156 e. The van der Waals surface area contributed by atoms with Crippen LogP contribution in [0.4, 0.5) is 0 Å². The lowest BCUT2D eigenvalue weighted by Crippen LogP contribution is -2.34. The van der Waals surface area contributed by atoms with Gasteiger partial charge in [-0.3, -0.25) is 4.79 Å². The highest BCUT2D eigenvalue weighted by atomic mass is 16.5. The number of carbonyl (C=O) groups is 1. The maximum Gasteiger partial charge on any atom is 0.156 e. The Bertz CT molecular complexity index is 400. The average molecular weight is 220 g/mol. The summed E-state index contributed by atoms with van der Waals surface area (Å²) in [5.41, 5.74) is 1.39. The van der Waals surface area contributed by atoms with Crippen molar-refractivity contribution >= 4 is 6.29 Å². The van der Waals surface area contributed by atoms with Gasteiger partial charge in [0.25, 0.3) is 0 Å². The summed E-state index contributed by atoms with van der Waals surface area (Å²) in [4.78, 5) is 11.3. The Balaban J connectivity index is 2.50. The number of rotatable bonds is 3. The van der Waals surface area contributed by atoms with Gasteiger partial charge in [0.15, 0.2) is 6.29 Å². The van der Waals surface area contributed by atoms with Gasteiger partial charge in [-0.05, 0) is 42.5 Å². The summed E-state index contributed by atoms with van der Waals surface area (Å²) in [5.74, 6) is 0.830. The van der Waals surface area contributed by atoms with E-state index >= 15 is 0 Å². The van der Waals surface area contributed by atoms with Gasteiger partial charge >= 0.3 is 0 Å². The van der Waals surface area contributed by atoms with E-state index in [4.69, 9.17) is 9.47 Å². The van der Waals surface area contributed by atoms with Gasteiger partial charge in [0.2, 0.25) is 0 Å². The summed E-state index contributed by atoms with van der Waals surface area (Å²) in [6.45, 7) is 0. The second-order valence-electron chi connectivity index (χ2n) is 4.09. The first-order valence-electron chi connectivity index (χ1n) is 5.44. The van der Waals surface area contributed by atoms with Crippen molar-refractivity contribution in [3.63, 3.8) is 0 Å². The van der Waals surface area contributed by atoms with Crippen LogP contribution in [0.5, 0.6) is 5.75 Å². The normalized spacial score (nSPS) is 23.6. The van der Waals surface area contributed by atoms with Crippen molar-refractivity contribution in [2.24, 2.45) is 0 Å². The molecule has 1 unspecified atom stereocenters. The van der Waals surface area contributed by atoms with Crippen LogP contribution in [-0.2, 0) is 21.6 Å². The molecule has 0 saturated heterocycles. The predicted molar refractivity (Wildman–Crippen MR) is 60.7 cm³/mol. The van der Waals surface area contributed by atoms with Gasteiger partial charge < -0.3 is 9.47 Å². The zero-order chi connectivity index (χ0) is 11.6. The van der Waals surface area contributed by atoms with Crippen molar-refractivity contribution in [1.82, 2.24) is 0 Å². The largest absolute Gasteiger partial charge is 0.497 e. The molecule has 0 radical (unpaired) electrons. The lowest BCUT2D eigenvalue weighted by molar-refractivity contribution is -0.130. The SMILES string of the molecule is COc1ccc2c(c1)CCCC2(C=O)OC. The van der Waals surface area contributed by atoms with Crippen molar-refractivity contribution in [3.8, 4) is 5.75 Å². The number of aryl methyl sites for hydroxylation is 1. The van der Waals surface area contributed by atoms with Gasteiger partial charge in [-0.15, -0.1) is 0 Å². The third kappa shape index (κ3) is 1.61. The Morgan fingerprint density at radius 3 is 2.81 bits per heavy atom. The van der Waals surface area contributed by atoms with Crippen LogP contribution in [0.2, 0.25) is 0 Å². The molecule has 0 bridgehead atoms. The minimum atomic E-state index is -0.750. The van der Waals surface area contributed by atoms with Crippen LogP contribution in [0.15, 0.2) is 18.2 Å². The predicted octanol–water partition coefficient (Wildman–Crippen LogP) is 2.07. The highest BCUT2D eigenvalue weighted by Gasteiger charge is 2.36. The van der Waals surface area contributed by atoms with E-state index in [2.05, 4.69) is 0 Å². The molecule has 0 fully saturated rings. The van der Waals surface area contributed by atoms with Crippen LogP contribution in [0.1, 0.15) is 24.0 Å². The molecule has 0 aromatic heterocycles. The van der Waals surface area contributed by atoms with Crippen LogP contribution in [-0.4, -0.2) is 20.5 Å². The minimum absolute atomic E-state index is 0.750. The fourth-order valence-corrected chi connectivity index (χ4v) is 2.38. The molecule has 2 rings (SSSR count). The Morgan fingerprint density at radius 2 is 2.19 bits per heavy atom. The topological polar surface area (TPSA) is 35.5 Å². The number of hydrogen-bond donors (Lipinski definition) is 0. The molecule has 3 heteroatoms. The Hall–Kier alpha value is -1.35. The fraction of sp³-hybridized carbons (Fsp3) is 0.462. The molecule has 0 aliphatic heterocycles. The number of fused-ring (bicyclic) bond motifs is 1. The first-order chi connectivity index (χ1) is 7.75. The molecule has 0 heterocycles. The number of methoxy groups -OCH3 is 2. The molecule has 16 heavy (non-hydrogen) atoms. The second-order valence-corrected chi connectivity index (χ2v) is 4.09.